The van der Waals surface area contributed by atoms with Crippen LogP contribution >= 0.6 is 0 Å². The third-order valence-electron chi connectivity index (χ3n) is 6.90. The summed E-state index contributed by atoms with van der Waals surface area (Å²) in [5.41, 5.74) is 12.0. The van der Waals surface area contributed by atoms with Crippen LogP contribution in [-0.4, -0.2) is 17.7 Å². The van der Waals surface area contributed by atoms with Gasteiger partial charge in [0.1, 0.15) is 6.04 Å². The van der Waals surface area contributed by atoms with Crippen molar-refractivity contribution in [3.05, 3.63) is 95.6 Å². The van der Waals surface area contributed by atoms with Crippen molar-refractivity contribution in [2.45, 2.75) is 51.1 Å². The Bertz CT molecular complexity index is 1130. The van der Waals surface area contributed by atoms with Crippen LogP contribution in [0.15, 0.2) is 83.9 Å². The van der Waals surface area contributed by atoms with E-state index in [9.17, 15) is 4.79 Å². The molecule has 3 aromatic carbocycles. The van der Waals surface area contributed by atoms with Gasteiger partial charge in [0.15, 0.2) is 0 Å². The molecule has 0 saturated heterocycles. The van der Waals surface area contributed by atoms with E-state index >= 15 is 0 Å². The monoisotopic (exact) mass is 437 g/mol. The second-order valence-electron chi connectivity index (χ2n) is 9.24. The Morgan fingerprint density at radius 3 is 2.27 bits per heavy atom. The van der Waals surface area contributed by atoms with Gasteiger partial charge in [-0.05, 0) is 42.2 Å². The normalized spacial score (nSPS) is 19.0. The third kappa shape index (κ3) is 4.70. The van der Waals surface area contributed by atoms with E-state index in [1.54, 1.807) is 0 Å². The minimum Gasteiger partial charge on any atom is -0.399 e. The van der Waals surface area contributed by atoms with Crippen molar-refractivity contribution >= 4 is 23.0 Å². The molecule has 4 heteroatoms. The third-order valence-corrected chi connectivity index (χ3v) is 6.90. The fourth-order valence-corrected chi connectivity index (χ4v) is 5.16. The lowest BCUT2D eigenvalue weighted by Crippen LogP contribution is -2.38. The van der Waals surface area contributed by atoms with Crippen LogP contribution in [-0.2, 0) is 17.8 Å². The predicted molar refractivity (Wildman–Crippen MR) is 136 cm³/mol. The van der Waals surface area contributed by atoms with Crippen molar-refractivity contribution < 1.29 is 4.79 Å². The van der Waals surface area contributed by atoms with Gasteiger partial charge in [0.05, 0.1) is 12.2 Å². The molecule has 168 valence electrons. The number of benzodiazepines with no additional fused rings is 1. The van der Waals surface area contributed by atoms with Crippen molar-refractivity contribution in [3.8, 4) is 0 Å². The smallest absolute Gasteiger partial charge is 0.252 e. The Kier molecular flexibility index (Phi) is 6.25. The number of hydrogen-bond acceptors (Lipinski definition) is 3. The number of anilines is 2. The topological polar surface area (TPSA) is 58.7 Å². The number of aliphatic imine (C=N–C) groups is 1. The van der Waals surface area contributed by atoms with Crippen molar-refractivity contribution in [1.82, 2.24) is 0 Å². The molecule has 1 amide bonds. The Balaban J connectivity index is 1.58. The summed E-state index contributed by atoms with van der Waals surface area (Å²) in [7, 11) is 0. The molecule has 5 rings (SSSR count). The molecule has 4 nitrogen and oxygen atoms in total. The van der Waals surface area contributed by atoms with Gasteiger partial charge in [-0.15, -0.1) is 0 Å². The minimum atomic E-state index is -0.425. The number of hydrogen-bond donors (Lipinski definition) is 1. The number of benzene rings is 3. The zero-order valence-corrected chi connectivity index (χ0v) is 19.0. The lowest BCUT2D eigenvalue weighted by molar-refractivity contribution is -0.119. The molecule has 1 heterocycles. The van der Waals surface area contributed by atoms with E-state index in [4.69, 9.17) is 10.7 Å². The minimum absolute atomic E-state index is 0.0638. The Morgan fingerprint density at radius 2 is 1.52 bits per heavy atom. The number of amides is 1. The first-order valence-corrected chi connectivity index (χ1v) is 12.1. The number of nitrogens with zero attached hydrogens (tertiary/aromatic N) is 2. The number of rotatable bonds is 5. The summed E-state index contributed by atoms with van der Waals surface area (Å²) in [5.74, 6) is 0.483. The van der Waals surface area contributed by atoms with Crippen LogP contribution in [0.25, 0.3) is 0 Å². The van der Waals surface area contributed by atoms with E-state index in [0.29, 0.717) is 18.9 Å². The van der Waals surface area contributed by atoms with Crippen LogP contribution in [0.5, 0.6) is 0 Å². The molecule has 0 unspecified atom stereocenters. The summed E-state index contributed by atoms with van der Waals surface area (Å²) in [6, 6.07) is 26.0. The molecular weight excluding hydrogens is 406 g/mol. The summed E-state index contributed by atoms with van der Waals surface area (Å²) >= 11 is 0. The van der Waals surface area contributed by atoms with Gasteiger partial charge in [0.2, 0.25) is 0 Å². The molecule has 3 aromatic rings. The lowest BCUT2D eigenvalue weighted by atomic mass is 9.82. The Morgan fingerprint density at radius 1 is 0.818 bits per heavy atom. The van der Waals surface area contributed by atoms with Gasteiger partial charge in [-0.1, -0.05) is 79.9 Å². The first-order valence-electron chi connectivity index (χ1n) is 12.1. The number of para-hydroxylation sites is 1. The fraction of sp³-hybridized carbons (Fsp3) is 0.310. The van der Waals surface area contributed by atoms with Gasteiger partial charge in [-0.25, -0.2) is 0 Å². The SMILES string of the molecule is Nc1ccc(CN2C(=O)[C@H](Cc3ccccc3)N=C(C3CCCCC3)c3ccccc32)cc1. The highest BCUT2D eigenvalue weighted by atomic mass is 16.2. The summed E-state index contributed by atoms with van der Waals surface area (Å²) in [4.78, 5) is 21.2. The molecule has 0 spiro atoms. The van der Waals surface area contributed by atoms with Crippen LogP contribution < -0.4 is 10.6 Å². The number of nitrogen functional groups attached to an aromatic ring is 1. The van der Waals surface area contributed by atoms with Crippen LogP contribution in [0.1, 0.15) is 48.8 Å². The maximum absolute atomic E-state index is 14.0. The van der Waals surface area contributed by atoms with Crippen LogP contribution in [0, 0.1) is 5.92 Å². The van der Waals surface area contributed by atoms with Crippen molar-refractivity contribution in [2.24, 2.45) is 10.9 Å². The van der Waals surface area contributed by atoms with Crippen molar-refractivity contribution in [1.29, 1.82) is 0 Å². The first-order chi connectivity index (χ1) is 16.2. The summed E-state index contributed by atoms with van der Waals surface area (Å²) in [6.07, 6.45) is 6.68. The summed E-state index contributed by atoms with van der Waals surface area (Å²) in [6.45, 7) is 0.509. The largest absolute Gasteiger partial charge is 0.399 e. The van der Waals surface area contributed by atoms with Gasteiger partial charge >= 0.3 is 0 Å². The summed E-state index contributed by atoms with van der Waals surface area (Å²) in [5, 5.41) is 0. The van der Waals surface area contributed by atoms with Crippen molar-refractivity contribution in [3.63, 3.8) is 0 Å². The van der Waals surface area contributed by atoms with Gasteiger partial charge in [0, 0.05) is 29.3 Å². The van der Waals surface area contributed by atoms with Gasteiger partial charge in [-0.3, -0.25) is 9.79 Å². The van der Waals surface area contributed by atoms with E-state index < -0.39 is 6.04 Å². The average Bonchev–Trinajstić information content (AvgIpc) is 2.97. The molecule has 1 aliphatic carbocycles. The van der Waals surface area contributed by atoms with Crippen molar-refractivity contribution in [2.75, 3.05) is 10.6 Å². The quantitative estimate of drug-likeness (QED) is 0.513. The molecule has 1 aliphatic heterocycles. The van der Waals surface area contributed by atoms with Crippen LogP contribution in [0.2, 0.25) is 0 Å². The number of fused-ring (bicyclic) bond motifs is 1. The molecule has 0 bridgehead atoms. The molecule has 33 heavy (non-hydrogen) atoms. The van der Waals surface area contributed by atoms with Crippen LogP contribution in [0.4, 0.5) is 11.4 Å². The van der Waals surface area contributed by atoms with Crippen LogP contribution in [0.3, 0.4) is 0 Å². The van der Waals surface area contributed by atoms with E-state index in [1.807, 2.05) is 53.4 Å². The Hall–Kier alpha value is -3.40. The predicted octanol–water partition coefficient (Wildman–Crippen LogP) is 5.80. The van der Waals surface area contributed by atoms with E-state index in [1.165, 1.54) is 19.3 Å². The molecule has 1 fully saturated rings. The highest BCUT2D eigenvalue weighted by molar-refractivity contribution is 6.13. The molecule has 1 atom stereocenters. The maximum Gasteiger partial charge on any atom is 0.252 e. The highest BCUT2D eigenvalue weighted by Crippen LogP contribution is 2.35. The number of carbonyl (C=O) groups is 1. The van der Waals surface area contributed by atoms with Gasteiger partial charge in [-0.2, -0.15) is 0 Å². The highest BCUT2D eigenvalue weighted by Gasteiger charge is 2.34. The second-order valence-corrected chi connectivity index (χ2v) is 9.24. The summed E-state index contributed by atoms with van der Waals surface area (Å²) < 4.78 is 0. The maximum atomic E-state index is 14.0. The van der Waals surface area contributed by atoms with Gasteiger partial charge in [0.25, 0.3) is 5.91 Å². The molecule has 1 saturated carbocycles. The molecule has 0 aromatic heterocycles. The van der Waals surface area contributed by atoms with E-state index in [0.717, 1.165) is 46.6 Å². The molecule has 2 aliphatic rings. The fourth-order valence-electron chi connectivity index (χ4n) is 5.16. The second kappa shape index (κ2) is 9.62. The van der Waals surface area contributed by atoms with E-state index in [2.05, 4.69) is 30.3 Å². The van der Waals surface area contributed by atoms with Gasteiger partial charge < -0.3 is 10.6 Å². The zero-order chi connectivity index (χ0) is 22.6. The molecule has 0 radical (unpaired) electrons. The lowest BCUT2D eigenvalue weighted by Gasteiger charge is -2.26. The zero-order valence-electron chi connectivity index (χ0n) is 19.0. The average molecular weight is 438 g/mol. The standard InChI is InChI=1S/C29H31N3O/c30-24-17-15-22(16-18-24)20-32-27-14-8-7-13-25(27)28(23-11-5-2-6-12-23)31-26(29(32)33)19-21-9-3-1-4-10-21/h1,3-4,7-10,13-18,23,26H,2,5-6,11-12,19-20,30H2/t26-/m0/s1. The number of carbonyl (C=O) groups excluding carboxylic acids is 1. The Labute approximate surface area is 196 Å². The number of nitrogens with two attached hydrogens (primary N) is 1. The van der Waals surface area contributed by atoms with E-state index in [-0.39, 0.29) is 5.91 Å². The molecule has 2 N–H and O–H groups in total. The molecular formula is C29H31N3O. The first kappa shape index (κ1) is 21.4.